The first kappa shape index (κ1) is 22.2. The minimum Gasteiger partial charge on any atom is -0.468 e. The van der Waals surface area contributed by atoms with Crippen molar-refractivity contribution in [1.82, 2.24) is 4.90 Å². The fourth-order valence-corrected chi connectivity index (χ4v) is 3.50. The molecule has 0 N–H and O–H groups in total. The molecule has 1 aromatic rings. The summed E-state index contributed by atoms with van der Waals surface area (Å²) >= 11 is 3.44. The first-order chi connectivity index (χ1) is 13.1. The van der Waals surface area contributed by atoms with E-state index < -0.39 is 11.6 Å². The van der Waals surface area contributed by atoms with E-state index in [2.05, 4.69) is 15.9 Å². The summed E-state index contributed by atoms with van der Waals surface area (Å²) in [4.78, 5) is 40.3. The fourth-order valence-electron chi connectivity index (χ4n) is 3.00. The van der Waals surface area contributed by atoms with Crippen LogP contribution >= 0.6 is 15.9 Å². The van der Waals surface area contributed by atoms with Crippen molar-refractivity contribution in [1.29, 1.82) is 0 Å². The second-order valence-electron chi connectivity index (χ2n) is 7.69. The monoisotopic (exact) mass is 454 g/mol. The number of esters is 1. The predicted molar refractivity (Wildman–Crippen MR) is 109 cm³/mol. The second kappa shape index (κ2) is 9.41. The van der Waals surface area contributed by atoms with E-state index in [0.29, 0.717) is 31.6 Å². The van der Waals surface area contributed by atoms with Crippen molar-refractivity contribution in [2.75, 3.05) is 31.6 Å². The highest BCUT2D eigenvalue weighted by Crippen LogP contribution is 2.29. The van der Waals surface area contributed by atoms with Crippen LogP contribution in [0, 0.1) is 5.92 Å². The Bertz CT molecular complexity index is 724. The standard InChI is InChI=1S/C20H27BrN2O5/c1-20(2,3)28-19(26)22-11-9-14(10-12-22)18(25)23(13-17(24)27-4)16-8-6-5-7-15(16)21/h5-8,14H,9-13H2,1-4H3. The first-order valence-corrected chi connectivity index (χ1v) is 10.0. The van der Waals surface area contributed by atoms with Crippen LogP contribution in [0.1, 0.15) is 33.6 Å². The number of hydrogen-bond acceptors (Lipinski definition) is 5. The summed E-state index contributed by atoms with van der Waals surface area (Å²) in [7, 11) is 1.30. The molecule has 1 heterocycles. The molecule has 28 heavy (non-hydrogen) atoms. The Labute approximate surface area is 174 Å². The van der Waals surface area contributed by atoms with Crippen LogP contribution in [0.5, 0.6) is 0 Å². The SMILES string of the molecule is COC(=O)CN(C(=O)C1CCN(C(=O)OC(C)(C)C)CC1)c1ccccc1Br. The number of carbonyl (C=O) groups excluding carboxylic acids is 3. The Balaban J connectivity index is 2.08. The topological polar surface area (TPSA) is 76.2 Å². The van der Waals surface area contributed by atoms with E-state index in [4.69, 9.17) is 9.47 Å². The van der Waals surface area contributed by atoms with Gasteiger partial charge < -0.3 is 14.4 Å². The Kier molecular flexibility index (Phi) is 7.46. The van der Waals surface area contributed by atoms with E-state index in [1.54, 1.807) is 11.0 Å². The number of hydrogen-bond donors (Lipinski definition) is 0. The molecule has 1 aliphatic rings. The molecule has 0 aromatic heterocycles. The molecule has 154 valence electrons. The zero-order valence-electron chi connectivity index (χ0n) is 16.7. The van der Waals surface area contributed by atoms with Crippen LogP contribution in [-0.2, 0) is 19.1 Å². The smallest absolute Gasteiger partial charge is 0.410 e. The minimum absolute atomic E-state index is 0.152. The number of ether oxygens (including phenoxy) is 2. The highest BCUT2D eigenvalue weighted by molar-refractivity contribution is 9.10. The van der Waals surface area contributed by atoms with Crippen LogP contribution in [0.3, 0.4) is 0 Å². The van der Waals surface area contributed by atoms with Gasteiger partial charge in [-0.15, -0.1) is 0 Å². The van der Waals surface area contributed by atoms with Gasteiger partial charge >= 0.3 is 12.1 Å². The van der Waals surface area contributed by atoms with Crippen LogP contribution in [-0.4, -0.2) is 55.2 Å². The number of halogens is 1. The van der Waals surface area contributed by atoms with Crippen molar-refractivity contribution in [3.05, 3.63) is 28.7 Å². The van der Waals surface area contributed by atoms with Crippen LogP contribution in [0.2, 0.25) is 0 Å². The van der Waals surface area contributed by atoms with E-state index >= 15 is 0 Å². The van der Waals surface area contributed by atoms with E-state index in [1.165, 1.54) is 12.0 Å². The highest BCUT2D eigenvalue weighted by atomic mass is 79.9. The molecular weight excluding hydrogens is 428 g/mol. The third-order valence-electron chi connectivity index (χ3n) is 4.42. The first-order valence-electron chi connectivity index (χ1n) is 9.23. The summed E-state index contributed by atoms with van der Waals surface area (Å²) in [6.45, 7) is 6.18. The molecule has 7 nitrogen and oxygen atoms in total. The van der Waals surface area contributed by atoms with Gasteiger partial charge in [0.05, 0.1) is 12.8 Å². The van der Waals surface area contributed by atoms with Crippen LogP contribution in [0.4, 0.5) is 10.5 Å². The Hall–Kier alpha value is -2.09. The largest absolute Gasteiger partial charge is 0.468 e. The molecule has 1 aromatic carbocycles. The number of carbonyl (C=O) groups is 3. The highest BCUT2D eigenvalue weighted by Gasteiger charge is 2.33. The Morgan fingerprint density at radius 1 is 1.18 bits per heavy atom. The summed E-state index contributed by atoms with van der Waals surface area (Å²) in [5, 5.41) is 0. The van der Waals surface area contributed by atoms with Crippen molar-refractivity contribution in [3.63, 3.8) is 0 Å². The van der Waals surface area contributed by atoms with E-state index in [1.807, 2.05) is 39.0 Å². The second-order valence-corrected chi connectivity index (χ2v) is 8.55. The van der Waals surface area contributed by atoms with Crippen LogP contribution in [0.15, 0.2) is 28.7 Å². The molecule has 8 heteroatoms. The van der Waals surface area contributed by atoms with Crippen molar-refractivity contribution in [2.24, 2.45) is 5.92 Å². The molecule has 0 saturated carbocycles. The molecule has 2 rings (SSSR count). The van der Waals surface area contributed by atoms with Crippen LogP contribution < -0.4 is 4.90 Å². The van der Waals surface area contributed by atoms with E-state index in [-0.39, 0.29) is 24.5 Å². The number of piperidine rings is 1. The molecule has 0 aliphatic carbocycles. The van der Waals surface area contributed by atoms with Crippen molar-refractivity contribution in [3.8, 4) is 0 Å². The molecule has 2 amide bonds. The van der Waals surface area contributed by atoms with Crippen molar-refractivity contribution < 1.29 is 23.9 Å². The molecule has 0 bridgehead atoms. The lowest BCUT2D eigenvalue weighted by Crippen LogP contribution is -2.47. The maximum atomic E-state index is 13.2. The number of anilines is 1. The number of methoxy groups -OCH3 is 1. The third kappa shape index (κ3) is 5.95. The molecule has 0 spiro atoms. The molecular formula is C20H27BrN2O5. The van der Waals surface area contributed by atoms with Gasteiger partial charge in [0.1, 0.15) is 12.1 Å². The van der Waals surface area contributed by atoms with Gasteiger partial charge in [-0.3, -0.25) is 14.5 Å². The van der Waals surface area contributed by atoms with Crippen LogP contribution in [0.25, 0.3) is 0 Å². The average Bonchev–Trinajstić information content (AvgIpc) is 2.65. The van der Waals surface area contributed by atoms with Gasteiger partial charge in [-0.1, -0.05) is 12.1 Å². The van der Waals surface area contributed by atoms with Gasteiger partial charge in [0.15, 0.2) is 0 Å². The lowest BCUT2D eigenvalue weighted by atomic mass is 9.95. The molecule has 1 saturated heterocycles. The van der Waals surface area contributed by atoms with E-state index in [9.17, 15) is 14.4 Å². The zero-order chi connectivity index (χ0) is 20.9. The Morgan fingerprint density at radius 3 is 2.32 bits per heavy atom. The zero-order valence-corrected chi connectivity index (χ0v) is 18.3. The van der Waals surface area contributed by atoms with Gasteiger partial charge in [0.2, 0.25) is 5.91 Å². The summed E-state index contributed by atoms with van der Waals surface area (Å²) in [5.74, 6) is -0.924. The minimum atomic E-state index is -0.555. The fraction of sp³-hybridized carbons (Fsp3) is 0.550. The lowest BCUT2D eigenvalue weighted by Gasteiger charge is -2.35. The number of para-hydroxylation sites is 1. The quantitative estimate of drug-likeness (QED) is 0.649. The predicted octanol–water partition coefficient (Wildman–Crippen LogP) is 3.60. The third-order valence-corrected chi connectivity index (χ3v) is 5.09. The summed E-state index contributed by atoms with van der Waals surface area (Å²) in [6.07, 6.45) is 0.663. The number of amides is 2. The van der Waals surface area contributed by atoms with Gasteiger partial charge in [0.25, 0.3) is 0 Å². The average molecular weight is 455 g/mol. The molecule has 1 aliphatic heterocycles. The van der Waals surface area contributed by atoms with Gasteiger partial charge in [-0.25, -0.2) is 4.79 Å². The summed E-state index contributed by atoms with van der Waals surface area (Å²) in [6, 6.07) is 7.25. The normalized spacial score (nSPS) is 15.1. The number of likely N-dealkylation sites (tertiary alicyclic amines) is 1. The van der Waals surface area contributed by atoms with Gasteiger partial charge in [-0.2, -0.15) is 0 Å². The Morgan fingerprint density at radius 2 is 1.79 bits per heavy atom. The van der Waals surface area contributed by atoms with E-state index in [0.717, 1.165) is 4.47 Å². The maximum absolute atomic E-state index is 13.2. The molecule has 0 radical (unpaired) electrons. The lowest BCUT2D eigenvalue weighted by molar-refractivity contribution is -0.140. The number of benzene rings is 1. The van der Waals surface area contributed by atoms with Crippen molar-refractivity contribution >= 4 is 39.6 Å². The summed E-state index contributed by atoms with van der Waals surface area (Å²) in [5.41, 5.74) is 0.0631. The number of nitrogens with zero attached hydrogens (tertiary/aromatic N) is 2. The van der Waals surface area contributed by atoms with Crippen molar-refractivity contribution in [2.45, 2.75) is 39.2 Å². The maximum Gasteiger partial charge on any atom is 0.410 e. The summed E-state index contributed by atoms with van der Waals surface area (Å²) < 4.78 is 10.9. The molecule has 0 unspecified atom stereocenters. The number of rotatable bonds is 4. The molecule has 0 atom stereocenters. The molecule has 1 fully saturated rings. The van der Waals surface area contributed by atoms with Gasteiger partial charge in [-0.05, 0) is 61.7 Å². The van der Waals surface area contributed by atoms with Gasteiger partial charge in [0, 0.05) is 23.5 Å².